The fourth-order valence-corrected chi connectivity index (χ4v) is 4.56. The zero-order valence-electron chi connectivity index (χ0n) is 18.7. The van der Waals surface area contributed by atoms with E-state index in [0.717, 1.165) is 48.4 Å². The van der Waals surface area contributed by atoms with Gasteiger partial charge in [-0.2, -0.15) is 4.98 Å². The van der Waals surface area contributed by atoms with Crippen molar-refractivity contribution in [3.8, 4) is 11.4 Å². The number of imidazole rings is 1. The first-order chi connectivity index (χ1) is 16.0. The van der Waals surface area contributed by atoms with Crippen LogP contribution in [-0.4, -0.2) is 37.6 Å². The first-order valence-corrected chi connectivity index (χ1v) is 11.6. The number of aryl methyl sites for hydroxylation is 1. The van der Waals surface area contributed by atoms with Crippen LogP contribution in [0.15, 0.2) is 47.7 Å². The third kappa shape index (κ3) is 4.18. The highest BCUT2D eigenvalue weighted by atomic mass is 35.5. The number of aromatic amines is 1. The van der Waals surface area contributed by atoms with Crippen molar-refractivity contribution in [1.29, 1.82) is 0 Å². The van der Waals surface area contributed by atoms with Gasteiger partial charge in [-0.25, -0.2) is 9.97 Å². The molecule has 8 nitrogen and oxygen atoms in total. The van der Waals surface area contributed by atoms with Gasteiger partial charge in [-0.1, -0.05) is 24.9 Å². The number of anilines is 3. The van der Waals surface area contributed by atoms with Crippen LogP contribution < -0.4 is 15.8 Å². The number of nitrogens with one attached hydrogen (secondary N) is 2. The molecule has 1 saturated heterocycles. The lowest BCUT2D eigenvalue weighted by Gasteiger charge is -2.31. The number of hydrogen-bond donors (Lipinski definition) is 2. The average Bonchev–Trinajstić information content (AvgIpc) is 3.37. The van der Waals surface area contributed by atoms with Gasteiger partial charge in [0.05, 0.1) is 17.3 Å². The second kappa shape index (κ2) is 8.86. The van der Waals surface area contributed by atoms with E-state index in [9.17, 15) is 4.79 Å². The standard InChI is InChI=1S/C24H26ClN7O/c1-3-15-6-10-32(11-7-15)24-28-14-19(25)22(30-24)29-17-4-5-20-16(12-17)13-18(23(33)31(20)2)21-26-8-9-27-21/h4-5,8-9,12-15H,3,6-7,10-11H2,1-2H3,(H,26,27)(H,28,29,30). The van der Waals surface area contributed by atoms with Crippen LogP contribution in [0.3, 0.4) is 0 Å². The largest absolute Gasteiger partial charge is 0.344 e. The Morgan fingerprint density at radius 3 is 2.76 bits per heavy atom. The van der Waals surface area contributed by atoms with Crippen LogP contribution in [0, 0.1) is 5.92 Å². The molecule has 0 atom stereocenters. The molecular weight excluding hydrogens is 438 g/mol. The van der Waals surface area contributed by atoms with Crippen LogP contribution in [0.5, 0.6) is 0 Å². The summed E-state index contributed by atoms with van der Waals surface area (Å²) in [6.45, 7) is 4.17. The molecule has 4 aromatic rings. The predicted molar refractivity (Wildman–Crippen MR) is 132 cm³/mol. The highest BCUT2D eigenvalue weighted by Gasteiger charge is 2.20. The maximum atomic E-state index is 12.8. The number of benzene rings is 1. The van der Waals surface area contributed by atoms with E-state index in [0.29, 0.717) is 28.2 Å². The van der Waals surface area contributed by atoms with E-state index < -0.39 is 0 Å². The number of aromatic nitrogens is 5. The van der Waals surface area contributed by atoms with Crippen molar-refractivity contribution >= 4 is 40.0 Å². The number of pyridine rings is 1. The summed E-state index contributed by atoms with van der Waals surface area (Å²) in [5.41, 5.74) is 2.07. The van der Waals surface area contributed by atoms with Gasteiger partial charge in [-0.05, 0) is 43.0 Å². The minimum atomic E-state index is -0.103. The molecule has 3 aromatic heterocycles. The van der Waals surface area contributed by atoms with E-state index in [1.165, 1.54) is 6.42 Å². The summed E-state index contributed by atoms with van der Waals surface area (Å²) in [6, 6.07) is 7.66. The molecule has 1 fully saturated rings. The van der Waals surface area contributed by atoms with Crippen molar-refractivity contribution in [2.45, 2.75) is 26.2 Å². The molecule has 5 rings (SSSR count). The minimum Gasteiger partial charge on any atom is -0.344 e. The predicted octanol–water partition coefficient (Wildman–Crippen LogP) is 4.74. The summed E-state index contributed by atoms with van der Waals surface area (Å²) in [4.78, 5) is 31.4. The Hall–Kier alpha value is -3.39. The molecule has 1 aliphatic rings. The summed E-state index contributed by atoms with van der Waals surface area (Å²) in [5, 5.41) is 4.69. The number of piperidine rings is 1. The third-order valence-electron chi connectivity index (χ3n) is 6.45. The summed E-state index contributed by atoms with van der Waals surface area (Å²) in [7, 11) is 1.76. The van der Waals surface area contributed by atoms with E-state index in [4.69, 9.17) is 16.6 Å². The highest BCUT2D eigenvalue weighted by molar-refractivity contribution is 6.32. The Morgan fingerprint density at radius 1 is 1.21 bits per heavy atom. The Labute approximate surface area is 196 Å². The van der Waals surface area contributed by atoms with Gasteiger partial charge in [0.2, 0.25) is 5.95 Å². The first kappa shape index (κ1) is 21.5. The number of halogens is 1. The quantitative estimate of drug-likeness (QED) is 0.444. The minimum absolute atomic E-state index is 0.103. The van der Waals surface area contributed by atoms with Crippen molar-refractivity contribution in [3.05, 3.63) is 58.2 Å². The van der Waals surface area contributed by atoms with E-state index in [1.807, 2.05) is 24.3 Å². The second-order valence-electron chi connectivity index (χ2n) is 8.46. The molecule has 9 heteroatoms. The monoisotopic (exact) mass is 463 g/mol. The molecule has 2 N–H and O–H groups in total. The summed E-state index contributed by atoms with van der Waals surface area (Å²) in [5.74, 6) is 2.59. The van der Waals surface area contributed by atoms with E-state index in [2.05, 4.69) is 32.1 Å². The lowest BCUT2D eigenvalue weighted by molar-refractivity contribution is 0.392. The highest BCUT2D eigenvalue weighted by Crippen LogP contribution is 2.29. The molecule has 0 unspecified atom stereocenters. The number of H-pyrrole nitrogens is 1. The maximum absolute atomic E-state index is 12.8. The molecule has 0 aliphatic carbocycles. The van der Waals surface area contributed by atoms with Crippen molar-refractivity contribution in [1.82, 2.24) is 24.5 Å². The van der Waals surface area contributed by atoms with Crippen LogP contribution in [0.1, 0.15) is 26.2 Å². The van der Waals surface area contributed by atoms with Crippen molar-refractivity contribution in [2.75, 3.05) is 23.3 Å². The van der Waals surface area contributed by atoms with E-state index in [1.54, 1.807) is 30.2 Å². The Balaban J connectivity index is 1.45. The second-order valence-corrected chi connectivity index (χ2v) is 8.87. The molecular formula is C24H26ClN7O. The average molecular weight is 464 g/mol. The van der Waals surface area contributed by atoms with Crippen molar-refractivity contribution in [2.24, 2.45) is 13.0 Å². The zero-order valence-corrected chi connectivity index (χ0v) is 19.4. The molecule has 0 radical (unpaired) electrons. The van der Waals surface area contributed by atoms with Gasteiger partial charge in [0.15, 0.2) is 5.82 Å². The fourth-order valence-electron chi connectivity index (χ4n) is 4.42. The van der Waals surface area contributed by atoms with Gasteiger partial charge >= 0.3 is 0 Å². The maximum Gasteiger partial charge on any atom is 0.261 e. The third-order valence-corrected chi connectivity index (χ3v) is 6.72. The lowest BCUT2D eigenvalue weighted by Crippen LogP contribution is -2.34. The molecule has 33 heavy (non-hydrogen) atoms. The van der Waals surface area contributed by atoms with Crippen molar-refractivity contribution < 1.29 is 0 Å². The summed E-state index contributed by atoms with van der Waals surface area (Å²) >= 11 is 6.42. The SMILES string of the molecule is CCC1CCN(c2ncc(Cl)c(Nc3ccc4c(c3)cc(-c3ncc[nH]3)c(=O)n4C)n2)CC1. The van der Waals surface area contributed by atoms with Crippen LogP contribution >= 0.6 is 11.6 Å². The number of hydrogen-bond acceptors (Lipinski definition) is 6. The molecule has 0 amide bonds. The van der Waals surface area contributed by atoms with Gasteiger partial charge in [0, 0.05) is 43.6 Å². The number of fused-ring (bicyclic) bond motifs is 1. The Morgan fingerprint density at radius 2 is 2.03 bits per heavy atom. The fraction of sp³-hybridized carbons (Fsp3) is 0.333. The number of rotatable bonds is 5. The zero-order chi connectivity index (χ0) is 22.9. The first-order valence-electron chi connectivity index (χ1n) is 11.2. The topological polar surface area (TPSA) is 91.7 Å². The Bertz CT molecular complexity index is 1340. The van der Waals surface area contributed by atoms with Gasteiger partial charge < -0.3 is 19.8 Å². The summed E-state index contributed by atoms with van der Waals surface area (Å²) in [6.07, 6.45) is 8.53. The molecule has 1 aromatic carbocycles. The van der Waals surface area contributed by atoms with Crippen LogP contribution in [0.25, 0.3) is 22.3 Å². The summed E-state index contributed by atoms with van der Waals surface area (Å²) < 4.78 is 1.63. The van der Waals surface area contributed by atoms with Crippen molar-refractivity contribution in [3.63, 3.8) is 0 Å². The molecule has 4 heterocycles. The molecule has 0 saturated carbocycles. The van der Waals surface area contributed by atoms with Gasteiger partial charge in [-0.15, -0.1) is 0 Å². The van der Waals surface area contributed by atoms with Gasteiger partial charge in [0.25, 0.3) is 5.56 Å². The molecule has 170 valence electrons. The Kier molecular flexibility index (Phi) is 5.76. The van der Waals surface area contributed by atoms with Crippen LogP contribution in [0.4, 0.5) is 17.5 Å². The van der Waals surface area contributed by atoms with Gasteiger partial charge in [-0.3, -0.25) is 4.79 Å². The molecule has 0 spiro atoms. The molecule has 0 bridgehead atoms. The van der Waals surface area contributed by atoms with Crippen LogP contribution in [0.2, 0.25) is 5.02 Å². The van der Waals surface area contributed by atoms with Gasteiger partial charge in [0.1, 0.15) is 10.8 Å². The van der Waals surface area contributed by atoms with Crippen LogP contribution in [-0.2, 0) is 7.05 Å². The normalized spacial score (nSPS) is 14.7. The smallest absolute Gasteiger partial charge is 0.261 e. The lowest BCUT2D eigenvalue weighted by atomic mass is 9.95. The van der Waals surface area contributed by atoms with E-state index in [-0.39, 0.29) is 5.56 Å². The number of nitrogens with zero attached hydrogens (tertiary/aromatic N) is 5. The van der Waals surface area contributed by atoms with E-state index >= 15 is 0 Å². The molecule has 1 aliphatic heterocycles.